The molecule has 3 saturated heterocycles. The fourth-order valence-electron chi connectivity index (χ4n) is 3.88. The van der Waals surface area contributed by atoms with Gasteiger partial charge in [0.25, 0.3) is 10.2 Å². The first kappa shape index (κ1) is 14.7. The maximum Gasteiger partial charge on any atom is 0.279 e. The highest BCUT2D eigenvalue weighted by atomic mass is 32.2. The molecule has 0 saturated carbocycles. The number of nitrogens with zero attached hydrogens (tertiary/aromatic N) is 2. The monoisotopic (exact) mass is 302 g/mol. The molecule has 0 aliphatic carbocycles. The number of piperazine rings is 1. The van der Waals surface area contributed by atoms with Crippen molar-refractivity contribution >= 4 is 10.2 Å². The van der Waals surface area contributed by atoms with Gasteiger partial charge in [-0.25, -0.2) is 0 Å². The quantitative estimate of drug-likeness (QED) is 0.754. The van der Waals surface area contributed by atoms with Gasteiger partial charge in [-0.3, -0.25) is 0 Å². The van der Waals surface area contributed by atoms with E-state index >= 15 is 0 Å². The summed E-state index contributed by atoms with van der Waals surface area (Å²) in [6.45, 7) is 2.66. The summed E-state index contributed by atoms with van der Waals surface area (Å²) >= 11 is 0. The van der Waals surface area contributed by atoms with Gasteiger partial charge in [0.2, 0.25) is 0 Å². The Bertz CT molecular complexity index is 422. The third-order valence-corrected chi connectivity index (χ3v) is 6.75. The molecule has 3 fully saturated rings. The van der Waals surface area contributed by atoms with Crippen molar-refractivity contribution in [1.29, 1.82) is 0 Å². The average Bonchev–Trinajstić information content (AvgIpc) is 2.41. The molecule has 2 unspecified atom stereocenters. The summed E-state index contributed by atoms with van der Waals surface area (Å²) in [6.07, 6.45) is 5.62. The van der Waals surface area contributed by atoms with Gasteiger partial charge in [-0.05, 0) is 32.7 Å². The number of hydrogen-bond acceptors (Lipinski definition) is 4. The maximum absolute atomic E-state index is 12.4. The summed E-state index contributed by atoms with van der Waals surface area (Å²) in [4.78, 5) is 2.46. The molecular weight excluding hydrogens is 276 g/mol. The number of nitrogens with one attached hydrogen (secondary N) is 2. The molecule has 0 aromatic carbocycles. The Hall–Kier alpha value is -0.210. The lowest BCUT2D eigenvalue weighted by molar-refractivity contribution is 0.0532. The SMILES string of the molecule is CN1C2CCCC1CC(NS(=O)(=O)N1CCNCC1)C2. The molecule has 0 radical (unpaired) electrons. The van der Waals surface area contributed by atoms with Crippen molar-refractivity contribution in [3.05, 3.63) is 0 Å². The Morgan fingerprint density at radius 2 is 1.70 bits per heavy atom. The minimum atomic E-state index is -3.31. The summed E-state index contributed by atoms with van der Waals surface area (Å²) < 4.78 is 29.4. The van der Waals surface area contributed by atoms with Crippen LogP contribution in [0, 0.1) is 0 Å². The first-order valence-corrected chi connectivity index (χ1v) is 9.20. The van der Waals surface area contributed by atoms with Crippen LogP contribution in [0.1, 0.15) is 32.1 Å². The summed E-state index contributed by atoms with van der Waals surface area (Å²) in [5.74, 6) is 0. The van der Waals surface area contributed by atoms with E-state index in [1.165, 1.54) is 19.3 Å². The van der Waals surface area contributed by atoms with Gasteiger partial charge in [-0.15, -0.1) is 0 Å². The molecule has 116 valence electrons. The molecule has 0 amide bonds. The molecule has 2 atom stereocenters. The van der Waals surface area contributed by atoms with Gasteiger partial charge in [-0.1, -0.05) is 6.42 Å². The summed E-state index contributed by atoms with van der Waals surface area (Å²) in [7, 11) is -1.12. The highest BCUT2D eigenvalue weighted by Gasteiger charge is 2.38. The smallest absolute Gasteiger partial charge is 0.279 e. The lowest BCUT2D eigenvalue weighted by Crippen LogP contribution is -2.58. The van der Waals surface area contributed by atoms with E-state index in [1.54, 1.807) is 4.31 Å². The third kappa shape index (κ3) is 3.01. The van der Waals surface area contributed by atoms with Crippen molar-refractivity contribution in [2.24, 2.45) is 0 Å². The standard InChI is InChI=1S/C13H26N4O2S/c1-16-12-3-2-4-13(16)10-11(9-12)15-20(18,19)17-7-5-14-6-8-17/h11-15H,2-10H2,1H3. The van der Waals surface area contributed by atoms with Gasteiger partial charge in [0.15, 0.2) is 0 Å². The van der Waals surface area contributed by atoms with E-state index in [-0.39, 0.29) is 6.04 Å². The molecular formula is C13H26N4O2S. The normalized spacial score (nSPS) is 37.0. The van der Waals surface area contributed by atoms with E-state index in [2.05, 4.69) is 22.0 Å². The van der Waals surface area contributed by atoms with Crippen LogP contribution in [0.15, 0.2) is 0 Å². The molecule has 6 nitrogen and oxygen atoms in total. The molecule has 3 aliphatic heterocycles. The van der Waals surface area contributed by atoms with Crippen molar-refractivity contribution in [1.82, 2.24) is 19.2 Å². The number of piperidine rings is 2. The average molecular weight is 302 g/mol. The fraction of sp³-hybridized carbons (Fsp3) is 1.00. The van der Waals surface area contributed by atoms with Crippen LogP contribution in [-0.4, -0.2) is 69.0 Å². The molecule has 0 aromatic heterocycles. The number of hydrogen-bond donors (Lipinski definition) is 2. The van der Waals surface area contributed by atoms with E-state index < -0.39 is 10.2 Å². The van der Waals surface area contributed by atoms with Gasteiger partial charge in [0.1, 0.15) is 0 Å². The van der Waals surface area contributed by atoms with Crippen LogP contribution < -0.4 is 10.0 Å². The van der Waals surface area contributed by atoms with E-state index in [9.17, 15) is 8.42 Å². The zero-order valence-electron chi connectivity index (χ0n) is 12.2. The molecule has 0 aromatic rings. The molecule has 7 heteroatoms. The molecule has 3 aliphatic rings. The zero-order valence-corrected chi connectivity index (χ0v) is 13.0. The van der Waals surface area contributed by atoms with Crippen LogP contribution in [0.25, 0.3) is 0 Å². The predicted molar refractivity (Wildman–Crippen MR) is 78.7 cm³/mol. The first-order valence-electron chi connectivity index (χ1n) is 7.76. The van der Waals surface area contributed by atoms with Crippen LogP contribution in [-0.2, 0) is 10.2 Å². The molecule has 3 rings (SSSR count). The Morgan fingerprint density at radius 3 is 2.30 bits per heavy atom. The van der Waals surface area contributed by atoms with Crippen molar-refractivity contribution in [2.45, 2.75) is 50.2 Å². The molecule has 0 spiro atoms. The van der Waals surface area contributed by atoms with Gasteiger partial charge < -0.3 is 10.2 Å². The van der Waals surface area contributed by atoms with E-state index in [0.717, 1.165) is 25.9 Å². The molecule has 2 bridgehead atoms. The maximum atomic E-state index is 12.4. The van der Waals surface area contributed by atoms with Crippen LogP contribution in [0.5, 0.6) is 0 Å². The highest BCUT2D eigenvalue weighted by Crippen LogP contribution is 2.32. The Balaban J connectivity index is 1.62. The van der Waals surface area contributed by atoms with E-state index in [0.29, 0.717) is 25.2 Å². The van der Waals surface area contributed by atoms with Gasteiger partial charge >= 0.3 is 0 Å². The molecule has 2 N–H and O–H groups in total. The topological polar surface area (TPSA) is 64.7 Å². The predicted octanol–water partition coefficient (Wildman–Crippen LogP) is -0.259. The fourth-order valence-corrected chi connectivity index (χ4v) is 5.31. The van der Waals surface area contributed by atoms with E-state index in [1.807, 2.05) is 0 Å². The van der Waals surface area contributed by atoms with E-state index in [4.69, 9.17) is 0 Å². The Kier molecular flexibility index (Phi) is 4.33. The largest absolute Gasteiger partial charge is 0.314 e. The number of fused-ring (bicyclic) bond motifs is 2. The number of rotatable bonds is 3. The van der Waals surface area contributed by atoms with Crippen LogP contribution in [0.2, 0.25) is 0 Å². The molecule has 3 heterocycles. The highest BCUT2D eigenvalue weighted by molar-refractivity contribution is 7.87. The zero-order chi connectivity index (χ0) is 14.2. The van der Waals surface area contributed by atoms with Crippen molar-refractivity contribution in [3.8, 4) is 0 Å². The van der Waals surface area contributed by atoms with Crippen LogP contribution >= 0.6 is 0 Å². The van der Waals surface area contributed by atoms with Crippen LogP contribution in [0.3, 0.4) is 0 Å². The minimum Gasteiger partial charge on any atom is -0.314 e. The van der Waals surface area contributed by atoms with Crippen LogP contribution in [0.4, 0.5) is 0 Å². The summed E-state index contributed by atoms with van der Waals surface area (Å²) in [5, 5.41) is 3.19. The lowest BCUT2D eigenvalue weighted by atomic mass is 9.83. The second-order valence-corrected chi connectivity index (χ2v) is 8.05. The lowest BCUT2D eigenvalue weighted by Gasteiger charge is -2.47. The van der Waals surface area contributed by atoms with Crippen molar-refractivity contribution in [2.75, 3.05) is 33.2 Å². The second-order valence-electron chi connectivity index (χ2n) is 6.34. The van der Waals surface area contributed by atoms with Gasteiger partial charge in [0, 0.05) is 44.3 Å². The van der Waals surface area contributed by atoms with Gasteiger partial charge in [0.05, 0.1) is 0 Å². The van der Waals surface area contributed by atoms with Crippen molar-refractivity contribution < 1.29 is 8.42 Å². The summed E-state index contributed by atoms with van der Waals surface area (Å²) in [6, 6.07) is 1.22. The third-order valence-electron chi connectivity index (χ3n) is 5.07. The van der Waals surface area contributed by atoms with Gasteiger partial charge in [-0.2, -0.15) is 17.4 Å². The van der Waals surface area contributed by atoms with Crippen molar-refractivity contribution in [3.63, 3.8) is 0 Å². The second kappa shape index (κ2) is 5.88. The Labute approximate surface area is 122 Å². The summed E-state index contributed by atoms with van der Waals surface area (Å²) in [5.41, 5.74) is 0. The Morgan fingerprint density at radius 1 is 1.10 bits per heavy atom. The first-order chi connectivity index (χ1) is 9.56. The molecule has 20 heavy (non-hydrogen) atoms. The minimum absolute atomic E-state index is 0.112.